The van der Waals surface area contributed by atoms with Crippen molar-refractivity contribution in [2.45, 2.75) is 31.7 Å². The first kappa shape index (κ1) is 14.8. The minimum Gasteiger partial charge on any atom is -0.481 e. The molecule has 0 bridgehead atoms. The van der Waals surface area contributed by atoms with Gasteiger partial charge in [-0.15, -0.1) is 0 Å². The smallest absolute Gasteiger partial charge is 0.308 e. The number of carbonyl (C=O) groups is 1. The van der Waals surface area contributed by atoms with Crippen molar-refractivity contribution in [1.82, 2.24) is 0 Å². The molecule has 1 saturated carbocycles. The Kier molecular flexibility index (Phi) is 4.38. The Hall–Kier alpha value is -2.62. The van der Waals surface area contributed by atoms with Gasteiger partial charge in [0.15, 0.2) is 0 Å². The van der Waals surface area contributed by atoms with Crippen LogP contribution in [0, 0.1) is 27.4 Å². The second-order valence-electron chi connectivity index (χ2n) is 5.08. The standard InChI is InChI=1S/C14H15N3O4/c15-8-9-7-10(5-6-13(9)17(20)21)16-12-4-2-1-3-11(12)14(18)19/h5-7,11-12,16H,1-4H2,(H,18,19). The van der Waals surface area contributed by atoms with Crippen molar-refractivity contribution >= 4 is 17.3 Å². The molecule has 21 heavy (non-hydrogen) atoms. The number of anilines is 1. The first-order valence-corrected chi connectivity index (χ1v) is 6.71. The molecule has 0 aliphatic heterocycles. The molecule has 0 amide bonds. The lowest BCUT2D eigenvalue weighted by atomic mass is 9.84. The molecule has 0 saturated heterocycles. The fraction of sp³-hybridized carbons (Fsp3) is 0.429. The van der Waals surface area contributed by atoms with Gasteiger partial charge in [0.1, 0.15) is 11.6 Å². The third kappa shape index (κ3) is 3.28. The summed E-state index contributed by atoms with van der Waals surface area (Å²) in [6.45, 7) is 0. The van der Waals surface area contributed by atoms with Gasteiger partial charge in [-0.2, -0.15) is 5.26 Å². The van der Waals surface area contributed by atoms with Crippen LogP contribution < -0.4 is 5.32 Å². The molecule has 1 aromatic carbocycles. The highest BCUT2D eigenvalue weighted by molar-refractivity contribution is 5.72. The van der Waals surface area contributed by atoms with Gasteiger partial charge in [-0.1, -0.05) is 12.8 Å². The zero-order valence-corrected chi connectivity index (χ0v) is 11.3. The Morgan fingerprint density at radius 1 is 1.43 bits per heavy atom. The molecule has 0 radical (unpaired) electrons. The van der Waals surface area contributed by atoms with E-state index in [0.29, 0.717) is 12.1 Å². The normalized spacial score (nSPS) is 21.3. The summed E-state index contributed by atoms with van der Waals surface area (Å²) in [5, 5.41) is 32.1. The number of nitrogens with zero attached hydrogens (tertiary/aromatic N) is 2. The number of benzene rings is 1. The molecule has 0 heterocycles. The number of rotatable bonds is 4. The van der Waals surface area contributed by atoms with Crippen LogP contribution in [0.4, 0.5) is 11.4 Å². The summed E-state index contributed by atoms with van der Waals surface area (Å²) >= 11 is 0. The highest BCUT2D eigenvalue weighted by atomic mass is 16.6. The second-order valence-corrected chi connectivity index (χ2v) is 5.08. The number of hydrogen-bond acceptors (Lipinski definition) is 5. The predicted molar refractivity (Wildman–Crippen MR) is 74.8 cm³/mol. The highest BCUT2D eigenvalue weighted by Gasteiger charge is 2.30. The van der Waals surface area contributed by atoms with Gasteiger partial charge in [-0.25, -0.2) is 0 Å². The summed E-state index contributed by atoms with van der Waals surface area (Å²) in [5.41, 5.74) is 0.254. The van der Waals surface area contributed by atoms with Crippen molar-refractivity contribution < 1.29 is 14.8 Å². The lowest BCUT2D eigenvalue weighted by Gasteiger charge is -2.30. The van der Waals surface area contributed by atoms with E-state index >= 15 is 0 Å². The second kappa shape index (κ2) is 6.22. The number of carboxylic acid groups (broad SMARTS) is 1. The summed E-state index contributed by atoms with van der Waals surface area (Å²) in [4.78, 5) is 21.4. The topological polar surface area (TPSA) is 116 Å². The number of nitrogens with one attached hydrogen (secondary N) is 1. The first-order valence-electron chi connectivity index (χ1n) is 6.71. The molecule has 1 aliphatic rings. The molecule has 110 valence electrons. The van der Waals surface area contributed by atoms with Gasteiger partial charge in [-0.05, 0) is 25.0 Å². The summed E-state index contributed by atoms with van der Waals surface area (Å²) in [6, 6.07) is 5.74. The third-order valence-corrected chi connectivity index (χ3v) is 3.75. The number of hydrogen-bond donors (Lipinski definition) is 2. The maximum absolute atomic E-state index is 11.2. The fourth-order valence-corrected chi connectivity index (χ4v) is 2.69. The Balaban J connectivity index is 2.21. The zero-order chi connectivity index (χ0) is 15.4. The van der Waals surface area contributed by atoms with E-state index in [1.807, 2.05) is 0 Å². The van der Waals surface area contributed by atoms with Crippen molar-refractivity contribution in [3.05, 3.63) is 33.9 Å². The van der Waals surface area contributed by atoms with Gasteiger partial charge in [0.05, 0.1) is 10.8 Å². The molecule has 2 rings (SSSR count). The Labute approximate surface area is 121 Å². The van der Waals surface area contributed by atoms with E-state index in [-0.39, 0.29) is 17.3 Å². The van der Waals surface area contributed by atoms with Crippen molar-refractivity contribution in [3.63, 3.8) is 0 Å². The Morgan fingerprint density at radius 3 is 2.76 bits per heavy atom. The van der Waals surface area contributed by atoms with Gasteiger partial charge in [0.2, 0.25) is 0 Å². The average molecular weight is 289 g/mol. The van der Waals surface area contributed by atoms with E-state index in [2.05, 4.69) is 5.32 Å². The van der Waals surface area contributed by atoms with Crippen LogP contribution in [0.25, 0.3) is 0 Å². The van der Waals surface area contributed by atoms with E-state index < -0.39 is 16.8 Å². The van der Waals surface area contributed by atoms with E-state index in [0.717, 1.165) is 19.3 Å². The Morgan fingerprint density at radius 2 is 2.14 bits per heavy atom. The van der Waals surface area contributed by atoms with Crippen LogP contribution in [0.1, 0.15) is 31.2 Å². The first-order chi connectivity index (χ1) is 10.0. The number of nitro groups is 1. The van der Waals surface area contributed by atoms with Crippen LogP contribution in [0.5, 0.6) is 0 Å². The summed E-state index contributed by atoms with van der Waals surface area (Å²) < 4.78 is 0. The van der Waals surface area contributed by atoms with Crippen LogP contribution >= 0.6 is 0 Å². The largest absolute Gasteiger partial charge is 0.481 e. The number of nitriles is 1. The number of nitro benzene ring substituents is 1. The van der Waals surface area contributed by atoms with E-state index in [1.54, 1.807) is 6.07 Å². The fourth-order valence-electron chi connectivity index (χ4n) is 2.69. The minimum absolute atomic E-state index is 0.0346. The number of aliphatic carboxylic acids is 1. The summed E-state index contributed by atoms with van der Waals surface area (Å²) in [6.07, 6.45) is 3.18. The van der Waals surface area contributed by atoms with Gasteiger partial charge >= 0.3 is 5.97 Å². The SMILES string of the molecule is N#Cc1cc(NC2CCCCC2C(=O)O)ccc1[N+](=O)[O-]. The molecular weight excluding hydrogens is 274 g/mol. The lowest BCUT2D eigenvalue weighted by Crippen LogP contribution is -2.37. The van der Waals surface area contributed by atoms with Crippen LogP contribution in [0.3, 0.4) is 0 Å². The molecular formula is C14H15N3O4. The van der Waals surface area contributed by atoms with E-state index in [4.69, 9.17) is 5.26 Å². The number of carboxylic acids is 1. The molecule has 0 spiro atoms. The minimum atomic E-state index is -0.838. The van der Waals surface area contributed by atoms with Crippen LogP contribution in [-0.2, 0) is 4.79 Å². The maximum Gasteiger partial charge on any atom is 0.308 e. The van der Waals surface area contributed by atoms with E-state index in [9.17, 15) is 20.0 Å². The molecule has 1 aromatic rings. The molecule has 2 atom stereocenters. The average Bonchev–Trinajstić information content (AvgIpc) is 2.47. The van der Waals surface area contributed by atoms with Crippen LogP contribution in [0.15, 0.2) is 18.2 Å². The van der Waals surface area contributed by atoms with Gasteiger partial charge < -0.3 is 10.4 Å². The molecule has 2 unspecified atom stereocenters. The van der Waals surface area contributed by atoms with Gasteiger partial charge in [0, 0.05) is 17.8 Å². The lowest BCUT2D eigenvalue weighted by molar-refractivity contribution is -0.385. The molecule has 1 aliphatic carbocycles. The predicted octanol–water partition coefficient (Wildman–Crippen LogP) is 2.52. The Bertz CT molecular complexity index is 609. The molecule has 1 fully saturated rings. The van der Waals surface area contributed by atoms with Crippen molar-refractivity contribution in [2.24, 2.45) is 5.92 Å². The highest BCUT2D eigenvalue weighted by Crippen LogP contribution is 2.29. The van der Waals surface area contributed by atoms with Crippen molar-refractivity contribution in [1.29, 1.82) is 5.26 Å². The van der Waals surface area contributed by atoms with Gasteiger partial charge in [-0.3, -0.25) is 14.9 Å². The van der Waals surface area contributed by atoms with Gasteiger partial charge in [0.25, 0.3) is 5.69 Å². The summed E-state index contributed by atoms with van der Waals surface area (Å²) in [7, 11) is 0. The van der Waals surface area contributed by atoms with Crippen LogP contribution in [-0.4, -0.2) is 22.0 Å². The van der Waals surface area contributed by atoms with Crippen molar-refractivity contribution in [3.8, 4) is 6.07 Å². The molecule has 7 heteroatoms. The quantitative estimate of drug-likeness (QED) is 0.649. The summed E-state index contributed by atoms with van der Waals surface area (Å²) in [5.74, 6) is -1.31. The zero-order valence-electron chi connectivity index (χ0n) is 11.3. The van der Waals surface area contributed by atoms with Crippen molar-refractivity contribution in [2.75, 3.05) is 5.32 Å². The molecule has 7 nitrogen and oxygen atoms in total. The third-order valence-electron chi connectivity index (χ3n) is 3.75. The van der Waals surface area contributed by atoms with E-state index in [1.165, 1.54) is 18.2 Å². The molecule has 0 aromatic heterocycles. The maximum atomic E-state index is 11.2. The molecule has 2 N–H and O–H groups in total. The monoisotopic (exact) mass is 289 g/mol. The van der Waals surface area contributed by atoms with Crippen LogP contribution in [0.2, 0.25) is 0 Å².